The van der Waals surface area contributed by atoms with E-state index in [9.17, 15) is 21.6 Å². The van der Waals surface area contributed by atoms with Gasteiger partial charge < -0.3 is 0 Å². The SMILES string of the molecule is NS(=O)(=O)c1ccc(F)c(C(F)F)n1. The average Bonchev–Trinajstić information content (AvgIpc) is 2.02. The highest BCUT2D eigenvalue weighted by Crippen LogP contribution is 2.20. The van der Waals surface area contributed by atoms with Crippen molar-refractivity contribution in [3.63, 3.8) is 0 Å². The highest BCUT2D eigenvalue weighted by atomic mass is 32.2. The molecule has 0 spiro atoms. The number of nitrogens with two attached hydrogens (primary N) is 1. The monoisotopic (exact) mass is 226 g/mol. The zero-order valence-corrected chi connectivity index (χ0v) is 7.43. The van der Waals surface area contributed by atoms with Crippen molar-refractivity contribution in [1.82, 2.24) is 4.98 Å². The summed E-state index contributed by atoms with van der Waals surface area (Å²) in [5, 5.41) is 3.84. The maximum Gasteiger partial charge on any atom is 0.283 e. The van der Waals surface area contributed by atoms with Gasteiger partial charge in [0.1, 0.15) is 5.69 Å². The van der Waals surface area contributed by atoms with E-state index in [1.807, 2.05) is 0 Å². The first-order valence-electron chi connectivity index (χ1n) is 3.30. The van der Waals surface area contributed by atoms with E-state index in [0.29, 0.717) is 6.07 Å². The van der Waals surface area contributed by atoms with Crippen LogP contribution in [0.5, 0.6) is 0 Å². The standard InChI is InChI=1S/C6H5F3N2O2S/c7-3-1-2-4(14(10,12)13)11-5(3)6(8)9/h1-2,6H,(H2,10,12,13). The molecule has 1 aromatic rings. The molecular weight excluding hydrogens is 221 g/mol. The number of aromatic nitrogens is 1. The van der Waals surface area contributed by atoms with E-state index in [0.717, 1.165) is 6.07 Å². The molecule has 14 heavy (non-hydrogen) atoms. The molecule has 4 nitrogen and oxygen atoms in total. The van der Waals surface area contributed by atoms with Crippen LogP contribution in [0.1, 0.15) is 12.1 Å². The van der Waals surface area contributed by atoms with Crippen LogP contribution in [0, 0.1) is 5.82 Å². The first-order valence-corrected chi connectivity index (χ1v) is 4.84. The van der Waals surface area contributed by atoms with Crippen molar-refractivity contribution in [3.8, 4) is 0 Å². The average molecular weight is 226 g/mol. The van der Waals surface area contributed by atoms with E-state index in [-0.39, 0.29) is 0 Å². The molecule has 0 aliphatic heterocycles. The molecule has 0 aliphatic rings. The summed E-state index contributed by atoms with van der Waals surface area (Å²) >= 11 is 0. The molecule has 0 bridgehead atoms. The lowest BCUT2D eigenvalue weighted by molar-refractivity contribution is 0.139. The highest BCUT2D eigenvalue weighted by Gasteiger charge is 2.19. The smallest absolute Gasteiger partial charge is 0.231 e. The van der Waals surface area contributed by atoms with E-state index in [2.05, 4.69) is 10.1 Å². The first kappa shape index (κ1) is 10.9. The lowest BCUT2D eigenvalue weighted by Gasteiger charge is -2.02. The number of sulfonamides is 1. The summed E-state index contributed by atoms with van der Waals surface area (Å²) in [6, 6.07) is 1.30. The Kier molecular flexibility index (Phi) is 2.76. The first-order chi connectivity index (χ1) is 6.32. The minimum Gasteiger partial charge on any atom is -0.231 e. The molecule has 0 saturated heterocycles. The fraction of sp³-hybridized carbons (Fsp3) is 0.167. The van der Waals surface area contributed by atoms with Gasteiger partial charge in [-0.2, -0.15) is 0 Å². The van der Waals surface area contributed by atoms with Crippen LogP contribution in [0.4, 0.5) is 13.2 Å². The summed E-state index contributed by atoms with van der Waals surface area (Å²) in [6.45, 7) is 0. The molecule has 0 aromatic carbocycles. The molecule has 0 amide bonds. The van der Waals surface area contributed by atoms with Crippen LogP contribution < -0.4 is 5.14 Å². The van der Waals surface area contributed by atoms with Crippen molar-refractivity contribution >= 4 is 10.0 Å². The lowest BCUT2D eigenvalue weighted by atomic mass is 10.3. The third-order valence-corrected chi connectivity index (χ3v) is 2.16. The lowest BCUT2D eigenvalue weighted by Crippen LogP contribution is -2.15. The summed E-state index contributed by atoms with van der Waals surface area (Å²) in [4.78, 5) is 2.91. The number of hydrogen-bond donors (Lipinski definition) is 1. The molecule has 0 aliphatic carbocycles. The van der Waals surface area contributed by atoms with Gasteiger partial charge in [-0.15, -0.1) is 0 Å². The molecule has 1 heterocycles. The van der Waals surface area contributed by atoms with E-state index in [1.165, 1.54) is 0 Å². The summed E-state index contributed by atoms with van der Waals surface area (Å²) in [5.74, 6) is -1.27. The zero-order chi connectivity index (χ0) is 10.9. The summed E-state index contributed by atoms with van der Waals surface area (Å²) < 4.78 is 58.1. The molecular formula is C6H5F3N2O2S. The second-order valence-corrected chi connectivity index (χ2v) is 3.87. The number of alkyl halides is 2. The van der Waals surface area contributed by atoms with Gasteiger partial charge in [0, 0.05) is 0 Å². The minimum atomic E-state index is -4.19. The molecule has 0 fully saturated rings. The second-order valence-electron chi connectivity index (χ2n) is 2.36. The van der Waals surface area contributed by atoms with Gasteiger partial charge in [-0.25, -0.2) is 31.7 Å². The van der Waals surface area contributed by atoms with Gasteiger partial charge in [-0.1, -0.05) is 0 Å². The van der Waals surface area contributed by atoms with Crippen molar-refractivity contribution in [1.29, 1.82) is 0 Å². The maximum absolute atomic E-state index is 12.6. The summed E-state index contributed by atoms with van der Waals surface area (Å²) in [5.41, 5.74) is -1.23. The third-order valence-electron chi connectivity index (χ3n) is 1.35. The van der Waals surface area contributed by atoms with Gasteiger partial charge >= 0.3 is 0 Å². The fourth-order valence-corrected chi connectivity index (χ4v) is 1.23. The number of hydrogen-bond acceptors (Lipinski definition) is 3. The molecule has 0 saturated carbocycles. The number of rotatable bonds is 2. The summed E-state index contributed by atoms with van der Waals surface area (Å²) in [7, 11) is -4.19. The van der Waals surface area contributed by atoms with Gasteiger partial charge in [0.25, 0.3) is 16.4 Å². The van der Waals surface area contributed by atoms with E-state index in [1.54, 1.807) is 0 Å². The van der Waals surface area contributed by atoms with Crippen molar-refractivity contribution in [2.45, 2.75) is 11.5 Å². The number of halogens is 3. The maximum atomic E-state index is 12.6. The van der Waals surface area contributed by atoms with Gasteiger partial charge in [0.05, 0.1) is 0 Å². The van der Waals surface area contributed by atoms with E-state index >= 15 is 0 Å². The van der Waals surface area contributed by atoms with Crippen LogP contribution in [0.25, 0.3) is 0 Å². The Morgan fingerprint density at radius 3 is 2.36 bits per heavy atom. The van der Waals surface area contributed by atoms with Crippen LogP contribution in [-0.2, 0) is 10.0 Å². The third kappa shape index (κ3) is 2.20. The minimum absolute atomic E-state index is 0.578. The fourth-order valence-electron chi connectivity index (χ4n) is 0.751. The van der Waals surface area contributed by atoms with Crippen molar-refractivity contribution in [2.75, 3.05) is 0 Å². The molecule has 78 valence electrons. The van der Waals surface area contributed by atoms with Crippen LogP contribution in [-0.4, -0.2) is 13.4 Å². The Hall–Kier alpha value is -1.15. The summed E-state index contributed by atoms with van der Waals surface area (Å²) in [6.07, 6.45) is -3.18. The van der Waals surface area contributed by atoms with E-state index < -0.39 is 33.0 Å². The van der Waals surface area contributed by atoms with Crippen LogP contribution in [0.3, 0.4) is 0 Å². The number of pyridine rings is 1. The zero-order valence-electron chi connectivity index (χ0n) is 6.62. The van der Waals surface area contributed by atoms with E-state index in [4.69, 9.17) is 0 Å². The topological polar surface area (TPSA) is 73.1 Å². The largest absolute Gasteiger partial charge is 0.283 e. The Labute approximate surface area is 77.6 Å². The van der Waals surface area contributed by atoms with Gasteiger partial charge in [0.2, 0.25) is 0 Å². The predicted molar refractivity (Wildman–Crippen MR) is 40.5 cm³/mol. The molecule has 0 atom stereocenters. The highest BCUT2D eigenvalue weighted by molar-refractivity contribution is 7.89. The Morgan fingerprint density at radius 2 is 1.93 bits per heavy atom. The number of primary sulfonamides is 1. The van der Waals surface area contributed by atoms with Crippen molar-refractivity contribution < 1.29 is 21.6 Å². The molecule has 1 rings (SSSR count). The quantitative estimate of drug-likeness (QED) is 0.810. The normalized spacial score (nSPS) is 12.1. The molecule has 0 radical (unpaired) electrons. The Bertz CT molecular complexity index is 446. The predicted octanol–water partition coefficient (Wildman–Crippen LogP) is 0.806. The van der Waals surface area contributed by atoms with Gasteiger partial charge in [0.15, 0.2) is 10.8 Å². The second kappa shape index (κ2) is 3.54. The van der Waals surface area contributed by atoms with Crippen molar-refractivity contribution in [2.24, 2.45) is 5.14 Å². The molecule has 0 unspecified atom stereocenters. The Balaban J connectivity index is 3.34. The van der Waals surface area contributed by atoms with Crippen LogP contribution in [0.2, 0.25) is 0 Å². The number of nitrogens with zero attached hydrogens (tertiary/aromatic N) is 1. The molecule has 2 N–H and O–H groups in total. The van der Waals surface area contributed by atoms with Crippen LogP contribution in [0.15, 0.2) is 17.2 Å². The van der Waals surface area contributed by atoms with Crippen LogP contribution >= 0.6 is 0 Å². The van der Waals surface area contributed by atoms with Gasteiger partial charge in [-0.05, 0) is 12.1 Å². The van der Waals surface area contributed by atoms with Crippen molar-refractivity contribution in [3.05, 3.63) is 23.6 Å². The molecule has 1 aromatic heterocycles. The van der Waals surface area contributed by atoms with Gasteiger partial charge in [-0.3, -0.25) is 0 Å². The molecule has 8 heteroatoms. The Morgan fingerprint density at radius 1 is 1.36 bits per heavy atom.